The number of methoxy groups -OCH3 is 1. The minimum absolute atomic E-state index is 0.684. The van der Waals surface area contributed by atoms with Crippen molar-refractivity contribution in [2.24, 2.45) is 0 Å². The van der Waals surface area contributed by atoms with Crippen LogP contribution in [0.3, 0.4) is 0 Å². The first kappa shape index (κ1) is 15.4. The molecule has 0 radical (unpaired) electrons. The van der Waals surface area contributed by atoms with Crippen LogP contribution in [0.1, 0.15) is 12.5 Å². The summed E-state index contributed by atoms with van der Waals surface area (Å²) < 4.78 is 7.43. The van der Waals surface area contributed by atoms with E-state index in [9.17, 15) is 0 Å². The molecule has 4 aromatic rings. The number of hydrogen-bond donors (Lipinski definition) is 0. The van der Waals surface area contributed by atoms with Gasteiger partial charge in [-0.3, -0.25) is 4.57 Å². The van der Waals surface area contributed by atoms with Crippen LogP contribution in [0.2, 0.25) is 0 Å². The summed E-state index contributed by atoms with van der Waals surface area (Å²) in [6.07, 6.45) is 4.51. The molecule has 0 amide bonds. The van der Waals surface area contributed by atoms with E-state index in [1.54, 1.807) is 19.5 Å². The van der Waals surface area contributed by atoms with Crippen molar-refractivity contribution in [3.05, 3.63) is 72.6 Å². The van der Waals surface area contributed by atoms with E-state index in [0.717, 1.165) is 23.4 Å². The minimum atomic E-state index is 0.684. The number of benzene rings is 2. The zero-order chi connectivity index (χ0) is 17.2. The maximum Gasteiger partial charge on any atom is 0.234 e. The molecule has 4 nitrogen and oxygen atoms in total. The smallest absolute Gasteiger partial charge is 0.234 e. The number of rotatable bonds is 4. The fourth-order valence-corrected chi connectivity index (χ4v) is 3.21. The lowest BCUT2D eigenvalue weighted by Gasteiger charge is -2.11. The van der Waals surface area contributed by atoms with Crippen molar-refractivity contribution in [2.45, 2.75) is 13.3 Å². The molecule has 2 aromatic heterocycles. The average molecular weight is 329 g/mol. The fraction of sp³-hybridized carbons (Fsp3) is 0.143. The first-order valence-electron chi connectivity index (χ1n) is 8.37. The van der Waals surface area contributed by atoms with Gasteiger partial charge in [-0.1, -0.05) is 25.1 Å². The van der Waals surface area contributed by atoms with E-state index >= 15 is 0 Å². The topological polar surface area (TPSA) is 39.9 Å². The number of para-hydroxylation sites is 1. The summed E-state index contributed by atoms with van der Waals surface area (Å²) in [5, 5.41) is 1.19. The molecular formula is C21H19N3O. The zero-order valence-corrected chi connectivity index (χ0v) is 14.3. The van der Waals surface area contributed by atoms with Crippen LogP contribution in [0, 0.1) is 0 Å². The molecule has 0 aliphatic carbocycles. The molecule has 0 aliphatic heterocycles. The van der Waals surface area contributed by atoms with Crippen LogP contribution < -0.4 is 4.74 Å². The van der Waals surface area contributed by atoms with E-state index in [1.165, 1.54) is 16.5 Å². The highest BCUT2D eigenvalue weighted by molar-refractivity contribution is 5.91. The maximum atomic E-state index is 5.28. The molecule has 0 atom stereocenters. The Labute approximate surface area is 146 Å². The van der Waals surface area contributed by atoms with Gasteiger partial charge in [0, 0.05) is 17.8 Å². The van der Waals surface area contributed by atoms with Crippen molar-refractivity contribution < 1.29 is 4.74 Å². The van der Waals surface area contributed by atoms with Gasteiger partial charge in [-0.15, -0.1) is 0 Å². The summed E-state index contributed by atoms with van der Waals surface area (Å²) >= 11 is 0. The largest absolute Gasteiger partial charge is 0.497 e. The molecule has 4 rings (SSSR count). The Bertz CT molecular complexity index is 1000. The third kappa shape index (κ3) is 2.66. The first-order valence-corrected chi connectivity index (χ1v) is 8.37. The van der Waals surface area contributed by atoms with Crippen LogP contribution in [0.15, 0.2) is 67.0 Å². The second-order valence-corrected chi connectivity index (χ2v) is 5.85. The van der Waals surface area contributed by atoms with Crippen molar-refractivity contribution in [2.75, 3.05) is 7.11 Å². The number of ether oxygens (including phenoxy) is 1. The Balaban J connectivity index is 2.03. The molecule has 0 unspecified atom stereocenters. The molecule has 2 aromatic carbocycles. The van der Waals surface area contributed by atoms with Gasteiger partial charge in [-0.05, 0) is 53.9 Å². The normalized spacial score (nSPS) is 11.0. The first-order chi connectivity index (χ1) is 12.3. The van der Waals surface area contributed by atoms with Crippen molar-refractivity contribution in [1.29, 1.82) is 0 Å². The number of aryl methyl sites for hydroxylation is 1. The molecule has 124 valence electrons. The van der Waals surface area contributed by atoms with Crippen LogP contribution in [0.5, 0.6) is 5.75 Å². The van der Waals surface area contributed by atoms with Crippen LogP contribution in [-0.4, -0.2) is 21.6 Å². The van der Waals surface area contributed by atoms with Crippen molar-refractivity contribution in [1.82, 2.24) is 14.5 Å². The van der Waals surface area contributed by atoms with Gasteiger partial charge in [0.25, 0.3) is 0 Å². The number of hydrogen-bond acceptors (Lipinski definition) is 3. The van der Waals surface area contributed by atoms with Crippen molar-refractivity contribution >= 4 is 10.9 Å². The van der Waals surface area contributed by atoms with Gasteiger partial charge in [-0.2, -0.15) is 0 Å². The predicted octanol–water partition coefficient (Wildman–Crippen LogP) is 4.66. The fourth-order valence-electron chi connectivity index (χ4n) is 3.21. The molecule has 4 heteroatoms. The minimum Gasteiger partial charge on any atom is -0.497 e. The second kappa shape index (κ2) is 6.40. The SMILES string of the molecule is CCc1cccc2cc(-c3ccc(OC)cc3)n(-c3ncccn3)c12. The Hall–Kier alpha value is -3.14. The van der Waals surface area contributed by atoms with Gasteiger partial charge >= 0.3 is 0 Å². The quantitative estimate of drug-likeness (QED) is 0.547. The van der Waals surface area contributed by atoms with Crippen LogP contribution in [0.25, 0.3) is 28.1 Å². The van der Waals surface area contributed by atoms with Gasteiger partial charge in [0.2, 0.25) is 5.95 Å². The van der Waals surface area contributed by atoms with Gasteiger partial charge in [-0.25, -0.2) is 9.97 Å². The summed E-state index contributed by atoms with van der Waals surface area (Å²) in [7, 11) is 1.68. The third-order valence-electron chi connectivity index (χ3n) is 4.43. The summed E-state index contributed by atoms with van der Waals surface area (Å²) in [6, 6.07) is 18.5. The lowest BCUT2D eigenvalue weighted by molar-refractivity contribution is 0.415. The average Bonchev–Trinajstić information content (AvgIpc) is 3.08. The lowest BCUT2D eigenvalue weighted by atomic mass is 10.1. The Morgan fingerprint density at radius 2 is 1.72 bits per heavy atom. The number of fused-ring (bicyclic) bond motifs is 1. The molecule has 2 heterocycles. The third-order valence-corrected chi connectivity index (χ3v) is 4.43. The van der Waals surface area contributed by atoms with E-state index < -0.39 is 0 Å². The molecular weight excluding hydrogens is 310 g/mol. The standard InChI is InChI=1S/C21H19N3O/c1-3-15-6-4-7-17-14-19(16-8-10-18(25-2)11-9-16)24(20(15)17)21-22-12-5-13-23-21/h4-14H,3H2,1-2H3. The summed E-state index contributed by atoms with van der Waals surface area (Å²) in [5.41, 5.74) is 4.63. The van der Waals surface area contributed by atoms with Crippen LogP contribution in [0.4, 0.5) is 0 Å². The molecule has 0 aliphatic rings. The molecule has 0 spiro atoms. The van der Waals surface area contributed by atoms with Gasteiger partial charge < -0.3 is 4.74 Å². The van der Waals surface area contributed by atoms with Crippen LogP contribution >= 0.6 is 0 Å². The second-order valence-electron chi connectivity index (χ2n) is 5.85. The zero-order valence-electron chi connectivity index (χ0n) is 14.3. The highest BCUT2D eigenvalue weighted by Crippen LogP contribution is 2.33. The number of aromatic nitrogens is 3. The van der Waals surface area contributed by atoms with E-state index in [2.05, 4.69) is 57.9 Å². The summed E-state index contributed by atoms with van der Waals surface area (Å²) in [6.45, 7) is 2.17. The van der Waals surface area contributed by atoms with Crippen molar-refractivity contribution in [3.63, 3.8) is 0 Å². The molecule has 25 heavy (non-hydrogen) atoms. The Morgan fingerprint density at radius 3 is 2.40 bits per heavy atom. The highest BCUT2D eigenvalue weighted by atomic mass is 16.5. The molecule has 0 N–H and O–H groups in total. The van der Waals surface area contributed by atoms with Crippen molar-refractivity contribution in [3.8, 4) is 23.0 Å². The van der Waals surface area contributed by atoms with E-state index in [4.69, 9.17) is 4.74 Å². The van der Waals surface area contributed by atoms with Crippen LogP contribution in [-0.2, 0) is 6.42 Å². The molecule has 0 saturated heterocycles. The maximum absolute atomic E-state index is 5.28. The van der Waals surface area contributed by atoms with E-state index in [1.807, 2.05) is 18.2 Å². The van der Waals surface area contributed by atoms with Gasteiger partial charge in [0.05, 0.1) is 18.3 Å². The molecule has 0 fully saturated rings. The monoisotopic (exact) mass is 329 g/mol. The van der Waals surface area contributed by atoms with E-state index in [-0.39, 0.29) is 0 Å². The molecule has 0 saturated carbocycles. The Kier molecular flexibility index (Phi) is 3.94. The molecule has 0 bridgehead atoms. The predicted molar refractivity (Wildman–Crippen MR) is 100 cm³/mol. The summed E-state index contributed by atoms with van der Waals surface area (Å²) in [5.74, 6) is 1.53. The lowest BCUT2D eigenvalue weighted by Crippen LogP contribution is -2.03. The van der Waals surface area contributed by atoms with Gasteiger partial charge in [0.1, 0.15) is 5.75 Å². The van der Waals surface area contributed by atoms with Gasteiger partial charge in [0.15, 0.2) is 0 Å². The number of nitrogens with zero attached hydrogens (tertiary/aromatic N) is 3. The Morgan fingerprint density at radius 1 is 0.960 bits per heavy atom. The summed E-state index contributed by atoms with van der Waals surface area (Å²) in [4.78, 5) is 8.99. The highest BCUT2D eigenvalue weighted by Gasteiger charge is 2.16. The van der Waals surface area contributed by atoms with E-state index in [0.29, 0.717) is 5.95 Å².